The SMILES string of the molecule is C[C@@H](OC(=O)c1cc2c(F)cccc2s1)C(=O)Nc1ccccc1F. The molecule has 2 aromatic carbocycles. The first kappa shape index (κ1) is 17.0. The largest absolute Gasteiger partial charge is 0.448 e. The molecule has 3 aromatic rings. The minimum absolute atomic E-state index is 0.000618. The monoisotopic (exact) mass is 361 g/mol. The molecule has 0 spiro atoms. The number of anilines is 1. The van der Waals surface area contributed by atoms with Crippen LogP contribution in [0.4, 0.5) is 14.5 Å². The number of esters is 1. The molecule has 7 heteroatoms. The van der Waals surface area contributed by atoms with Gasteiger partial charge in [-0.3, -0.25) is 4.79 Å². The fraction of sp³-hybridized carbons (Fsp3) is 0.111. The summed E-state index contributed by atoms with van der Waals surface area (Å²) < 4.78 is 32.9. The molecular weight excluding hydrogens is 348 g/mol. The Morgan fingerprint density at radius 2 is 1.80 bits per heavy atom. The maximum absolute atomic E-state index is 13.7. The van der Waals surface area contributed by atoms with Crippen molar-refractivity contribution in [3.05, 3.63) is 65.0 Å². The van der Waals surface area contributed by atoms with E-state index in [0.29, 0.717) is 10.1 Å². The van der Waals surface area contributed by atoms with Gasteiger partial charge in [0.2, 0.25) is 0 Å². The van der Waals surface area contributed by atoms with Crippen molar-refractivity contribution >= 4 is 39.0 Å². The normalized spacial score (nSPS) is 12.0. The number of rotatable bonds is 4. The minimum Gasteiger partial charge on any atom is -0.448 e. The highest BCUT2D eigenvalue weighted by atomic mass is 32.1. The van der Waals surface area contributed by atoms with Crippen LogP contribution in [0.15, 0.2) is 48.5 Å². The number of thiophene rings is 1. The average Bonchev–Trinajstić information content (AvgIpc) is 3.02. The number of ether oxygens (including phenoxy) is 1. The molecule has 0 saturated heterocycles. The summed E-state index contributed by atoms with van der Waals surface area (Å²) in [4.78, 5) is 24.4. The van der Waals surface area contributed by atoms with Gasteiger partial charge >= 0.3 is 5.97 Å². The van der Waals surface area contributed by atoms with Gasteiger partial charge in [0.05, 0.1) is 5.69 Å². The van der Waals surface area contributed by atoms with Crippen molar-refractivity contribution in [3.63, 3.8) is 0 Å². The Morgan fingerprint density at radius 1 is 1.08 bits per heavy atom. The molecule has 1 atom stereocenters. The van der Waals surface area contributed by atoms with E-state index in [2.05, 4.69) is 5.32 Å². The second-order valence-corrected chi connectivity index (χ2v) is 6.36. The zero-order valence-electron chi connectivity index (χ0n) is 13.1. The highest BCUT2D eigenvalue weighted by Gasteiger charge is 2.21. The summed E-state index contributed by atoms with van der Waals surface area (Å²) in [6.45, 7) is 1.38. The number of halogens is 2. The maximum Gasteiger partial charge on any atom is 0.349 e. The summed E-state index contributed by atoms with van der Waals surface area (Å²) in [5.41, 5.74) is -0.000618. The van der Waals surface area contributed by atoms with E-state index in [-0.39, 0.29) is 10.6 Å². The zero-order chi connectivity index (χ0) is 18.0. The van der Waals surface area contributed by atoms with E-state index < -0.39 is 29.6 Å². The molecule has 4 nitrogen and oxygen atoms in total. The Labute approximate surface area is 146 Å². The summed E-state index contributed by atoms with van der Waals surface area (Å²) in [5, 5.41) is 2.68. The lowest BCUT2D eigenvalue weighted by atomic mass is 10.2. The van der Waals surface area contributed by atoms with Crippen LogP contribution in [0.3, 0.4) is 0 Å². The van der Waals surface area contributed by atoms with E-state index in [9.17, 15) is 18.4 Å². The highest BCUT2D eigenvalue weighted by molar-refractivity contribution is 7.20. The summed E-state index contributed by atoms with van der Waals surface area (Å²) in [6, 6.07) is 11.6. The third-order valence-electron chi connectivity index (χ3n) is 3.49. The smallest absolute Gasteiger partial charge is 0.349 e. The second kappa shape index (κ2) is 6.98. The molecule has 1 N–H and O–H groups in total. The highest BCUT2D eigenvalue weighted by Crippen LogP contribution is 2.28. The Balaban J connectivity index is 1.70. The predicted octanol–water partition coefficient (Wildman–Crippen LogP) is 4.36. The summed E-state index contributed by atoms with van der Waals surface area (Å²) in [6.07, 6.45) is -1.14. The number of hydrogen-bond donors (Lipinski definition) is 1. The molecule has 0 radical (unpaired) electrons. The third kappa shape index (κ3) is 3.66. The zero-order valence-corrected chi connectivity index (χ0v) is 13.9. The predicted molar refractivity (Wildman–Crippen MR) is 91.7 cm³/mol. The molecular formula is C18H13F2NO3S. The number of carbonyl (C=O) groups is 2. The Morgan fingerprint density at radius 3 is 2.52 bits per heavy atom. The number of hydrogen-bond acceptors (Lipinski definition) is 4. The quantitative estimate of drug-likeness (QED) is 0.703. The molecule has 1 heterocycles. The molecule has 128 valence electrons. The number of nitrogens with one attached hydrogen (secondary N) is 1. The summed E-state index contributed by atoms with van der Waals surface area (Å²) in [7, 11) is 0. The second-order valence-electron chi connectivity index (χ2n) is 5.28. The average molecular weight is 361 g/mol. The number of fused-ring (bicyclic) bond motifs is 1. The fourth-order valence-electron chi connectivity index (χ4n) is 2.20. The standard InChI is InChI=1S/C18H13F2NO3S/c1-10(17(22)21-14-7-3-2-5-13(14)20)24-18(23)16-9-11-12(19)6-4-8-15(11)25-16/h2-10H,1H3,(H,21,22)/t10-/m1/s1. The van der Waals surface area contributed by atoms with Crippen LogP contribution in [0.5, 0.6) is 0 Å². The minimum atomic E-state index is -1.14. The van der Waals surface area contributed by atoms with Crippen LogP contribution in [0.2, 0.25) is 0 Å². The van der Waals surface area contributed by atoms with E-state index in [1.165, 1.54) is 37.3 Å². The lowest BCUT2D eigenvalue weighted by Gasteiger charge is -2.13. The van der Waals surface area contributed by atoms with Crippen LogP contribution in [0.1, 0.15) is 16.6 Å². The number of carbonyl (C=O) groups excluding carboxylic acids is 2. The van der Waals surface area contributed by atoms with Crippen LogP contribution >= 0.6 is 11.3 Å². The number of amides is 1. The number of benzene rings is 2. The molecule has 0 aliphatic heterocycles. The van der Waals surface area contributed by atoms with Gasteiger partial charge in [0, 0.05) is 10.1 Å². The molecule has 3 rings (SSSR count). The van der Waals surface area contributed by atoms with Crippen LogP contribution in [-0.2, 0) is 9.53 Å². The van der Waals surface area contributed by atoms with Gasteiger partial charge < -0.3 is 10.1 Å². The van der Waals surface area contributed by atoms with E-state index in [1.54, 1.807) is 18.2 Å². The molecule has 0 fully saturated rings. The van der Waals surface area contributed by atoms with Crippen LogP contribution in [0, 0.1) is 11.6 Å². The molecule has 25 heavy (non-hydrogen) atoms. The lowest BCUT2D eigenvalue weighted by molar-refractivity contribution is -0.123. The van der Waals surface area contributed by atoms with E-state index in [1.807, 2.05) is 0 Å². The molecule has 0 saturated carbocycles. The van der Waals surface area contributed by atoms with Crippen molar-refractivity contribution < 1.29 is 23.1 Å². The fourth-order valence-corrected chi connectivity index (χ4v) is 3.15. The Hall–Kier alpha value is -2.80. The number of para-hydroxylation sites is 1. The van der Waals surface area contributed by atoms with Gasteiger partial charge in [0.1, 0.15) is 16.5 Å². The van der Waals surface area contributed by atoms with Crippen LogP contribution < -0.4 is 5.32 Å². The van der Waals surface area contributed by atoms with Gasteiger partial charge in [0.15, 0.2) is 6.10 Å². The van der Waals surface area contributed by atoms with E-state index in [0.717, 1.165) is 11.3 Å². The van der Waals surface area contributed by atoms with Crippen molar-refractivity contribution in [1.29, 1.82) is 0 Å². The summed E-state index contributed by atoms with van der Waals surface area (Å²) >= 11 is 1.07. The molecule has 0 bridgehead atoms. The molecule has 0 unspecified atom stereocenters. The van der Waals surface area contributed by atoms with Gasteiger partial charge in [-0.1, -0.05) is 18.2 Å². The van der Waals surface area contributed by atoms with Crippen molar-refractivity contribution in [1.82, 2.24) is 0 Å². The first-order chi connectivity index (χ1) is 12.0. The van der Waals surface area contributed by atoms with E-state index in [4.69, 9.17) is 4.74 Å². The lowest BCUT2D eigenvalue weighted by Crippen LogP contribution is -2.30. The van der Waals surface area contributed by atoms with Gasteiger partial charge in [-0.05, 0) is 37.3 Å². The molecule has 1 amide bonds. The first-order valence-corrected chi connectivity index (χ1v) is 8.22. The Kier molecular flexibility index (Phi) is 4.76. The van der Waals surface area contributed by atoms with Gasteiger partial charge in [-0.15, -0.1) is 11.3 Å². The van der Waals surface area contributed by atoms with Crippen molar-refractivity contribution in [2.45, 2.75) is 13.0 Å². The van der Waals surface area contributed by atoms with Crippen LogP contribution in [0.25, 0.3) is 10.1 Å². The topological polar surface area (TPSA) is 55.4 Å². The van der Waals surface area contributed by atoms with Gasteiger partial charge in [-0.2, -0.15) is 0 Å². The Bertz CT molecular complexity index is 954. The van der Waals surface area contributed by atoms with Crippen LogP contribution in [-0.4, -0.2) is 18.0 Å². The van der Waals surface area contributed by atoms with Gasteiger partial charge in [-0.25, -0.2) is 13.6 Å². The van der Waals surface area contributed by atoms with Crippen molar-refractivity contribution in [3.8, 4) is 0 Å². The van der Waals surface area contributed by atoms with Crippen molar-refractivity contribution in [2.24, 2.45) is 0 Å². The molecule has 0 aliphatic carbocycles. The molecule has 1 aromatic heterocycles. The first-order valence-electron chi connectivity index (χ1n) is 7.40. The summed E-state index contributed by atoms with van der Waals surface area (Å²) in [5.74, 6) is -2.42. The van der Waals surface area contributed by atoms with Crippen molar-refractivity contribution in [2.75, 3.05) is 5.32 Å². The van der Waals surface area contributed by atoms with E-state index >= 15 is 0 Å². The molecule has 0 aliphatic rings. The third-order valence-corrected chi connectivity index (χ3v) is 4.57. The maximum atomic E-state index is 13.7. The van der Waals surface area contributed by atoms with Gasteiger partial charge in [0.25, 0.3) is 5.91 Å².